The average Bonchev–Trinajstić information content (AvgIpc) is 3.36. The molecule has 9 heteroatoms. The molecule has 4 rings (SSSR count). The number of benzene rings is 1. The van der Waals surface area contributed by atoms with Gasteiger partial charge in [0.1, 0.15) is 40.1 Å². The first-order valence-corrected chi connectivity index (χ1v) is 14.1. The number of furan rings is 1. The highest BCUT2D eigenvalue weighted by atomic mass is 28.2. The van der Waals surface area contributed by atoms with Gasteiger partial charge >= 0.3 is 6.09 Å². The van der Waals surface area contributed by atoms with Crippen molar-refractivity contribution >= 4 is 43.4 Å². The van der Waals surface area contributed by atoms with Crippen molar-refractivity contribution in [2.24, 2.45) is 0 Å². The van der Waals surface area contributed by atoms with Crippen molar-refractivity contribution in [1.82, 2.24) is 9.55 Å². The largest absolute Gasteiger partial charge is 0.496 e. The molecule has 0 aliphatic heterocycles. The smallest absolute Gasteiger partial charge is 0.413 e. The molecule has 0 atom stereocenters. The Bertz CT molecular complexity index is 1630. The molecule has 0 aliphatic carbocycles. The van der Waals surface area contributed by atoms with Gasteiger partial charge in [0.25, 0.3) is 0 Å². The first-order chi connectivity index (χ1) is 18.1. The van der Waals surface area contributed by atoms with Crippen molar-refractivity contribution in [2.75, 3.05) is 12.4 Å². The Kier molecular flexibility index (Phi) is 7.30. The van der Waals surface area contributed by atoms with Crippen molar-refractivity contribution in [1.29, 1.82) is 5.26 Å². The number of nitriles is 1. The van der Waals surface area contributed by atoms with Crippen molar-refractivity contribution in [3.63, 3.8) is 0 Å². The van der Waals surface area contributed by atoms with Gasteiger partial charge in [0.2, 0.25) is 0 Å². The standard InChI is InChI=1S/C30H36N4O4Si/c1-16-11-12-22(36-10)17(2)24(16)34-26(33-28(35)38-29(4,5)6)21(14-31)23-25-20(18(3)32-27(23)34)13-19(37-25)15-39-30(7,8)9/h11-13H,15H2,1-10H3,(H,33,35). The van der Waals surface area contributed by atoms with Gasteiger partial charge in [-0.3, -0.25) is 9.88 Å². The Morgan fingerprint density at radius 1 is 1.18 bits per heavy atom. The molecule has 8 nitrogen and oxygen atoms in total. The third kappa shape index (κ3) is 5.52. The minimum absolute atomic E-state index is 0.175. The molecule has 1 amide bonds. The number of nitrogens with one attached hydrogen (secondary N) is 1. The third-order valence-electron chi connectivity index (χ3n) is 6.37. The number of ether oxygens (including phenoxy) is 2. The fourth-order valence-electron chi connectivity index (χ4n) is 4.66. The summed E-state index contributed by atoms with van der Waals surface area (Å²) in [5.74, 6) is 1.80. The molecule has 3 heterocycles. The maximum atomic E-state index is 13.0. The Morgan fingerprint density at radius 2 is 1.87 bits per heavy atom. The summed E-state index contributed by atoms with van der Waals surface area (Å²) in [5, 5.41) is 14.9. The summed E-state index contributed by atoms with van der Waals surface area (Å²) in [6.07, 6.45) is -0.666. The van der Waals surface area contributed by atoms with Gasteiger partial charge in [-0.15, -0.1) is 0 Å². The number of aromatic nitrogens is 2. The lowest BCUT2D eigenvalue weighted by Gasteiger charge is -2.21. The molecule has 0 unspecified atom stereocenters. The molecule has 3 aromatic heterocycles. The second-order valence-electron chi connectivity index (χ2n) is 11.8. The lowest BCUT2D eigenvalue weighted by molar-refractivity contribution is 0.0635. The molecular weight excluding hydrogens is 508 g/mol. The molecular formula is C30H36N4O4Si. The van der Waals surface area contributed by atoms with Gasteiger partial charge < -0.3 is 13.9 Å². The van der Waals surface area contributed by atoms with Crippen LogP contribution in [0.1, 0.15) is 69.7 Å². The molecule has 0 saturated carbocycles. The summed E-state index contributed by atoms with van der Waals surface area (Å²) in [6, 6.07) is 8.98. The Morgan fingerprint density at radius 3 is 2.46 bits per heavy atom. The molecule has 1 N–H and O–H groups in total. The summed E-state index contributed by atoms with van der Waals surface area (Å²) in [7, 11) is 2.28. The molecule has 0 fully saturated rings. The zero-order chi connectivity index (χ0) is 28.9. The van der Waals surface area contributed by atoms with Gasteiger partial charge in [-0.2, -0.15) is 5.26 Å². The monoisotopic (exact) mass is 544 g/mol. The number of carbonyl (C=O) groups excluding carboxylic acids is 1. The van der Waals surface area contributed by atoms with Gasteiger partial charge in [-0.1, -0.05) is 26.8 Å². The van der Waals surface area contributed by atoms with Crippen LogP contribution in [0.25, 0.3) is 27.7 Å². The highest BCUT2D eigenvalue weighted by Crippen LogP contribution is 2.41. The number of pyridine rings is 1. The van der Waals surface area contributed by atoms with E-state index >= 15 is 0 Å². The quantitative estimate of drug-likeness (QED) is 0.264. The summed E-state index contributed by atoms with van der Waals surface area (Å²) in [6.45, 7) is 17.9. The molecule has 0 bridgehead atoms. The third-order valence-corrected chi connectivity index (χ3v) is 7.96. The van der Waals surface area contributed by atoms with Crippen molar-refractivity contribution < 1.29 is 18.7 Å². The molecule has 2 radical (unpaired) electrons. The summed E-state index contributed by atoms with van der Waals surface area (Å²) >= 11 is 0. The highest BCUT2D eigenvalue weighted by Gasteiger charge is 2.29. The van der Waals surface area contributed by atoms with Crippen LogP contribution >= 0.6 is 0 Å². The van der Waals surface area contributed by atoms with Gasteiger partial charge in [0, 0.05) is 10.9 Å². The van der Waals surface area contributed by atoms with Crippen LogP contribution in [-0.4, -0.2) is 37.9 Å². The van der Waals surface area contributed by atoms with E-state index in [1.807, 2.05) is 43.5 Å². The van der Waals surface area contributed by atoms with E-state index in [2.05, 4.69) is 32.2 Å². The van der Waals surface area contributed by atoms with Gasteiger partial charge in [-0.05, 0) is 70.3 Å². The number of aryl methyl sites for hydroxylation is 2. The number of carbonyl (C=O) groups is 1. The lowest BCUT2D eigenvalue weighted by Crippen LogP contribution is -2.28. The Balaban J connectivity index is 2.08. The predicted molar refractivity (Wildman–Crippen MR) is 155 cm³/mol. The number of fused-ring (bicyclic) bond motifs is 3. The van der Waals surface area contributed by atoms with E-state index in [0.717, 1.165) is 39.7 Å². The molecule has 0 saturated heterocycles. The summed E-state index contributed by atoms with van der Waals surface area (Å²) in [4.78, 5) is 18.0. The minimum atomic E-state index is -0.721. The number of methoxy groups -OCH3 is 1. The molecule has 1 aromatic carbocycles. The number of hydrogen-bond acceptors (Lipinski definition) is 6. The zero-order valence-corrected chi connectivity index (χ0v) is 25.4. The topological polar surface area (TPSA) is 102 Å². The maximum Gasteiger partial charge on any atom is 0.413 e. The molecule has 4 aromatic rings. The van der Waals surface area contributed by atoms with Crippen LogP contribution in [0, 0.1) is 32.1 Å². The first kappa shape index (κ1) is 28.2. The van der Waals surface area contributed by atoms with Crippen LogP contribution in [0.5, 0.6) is 5.75 Å². The van der Waals surface area contributed by atoms with Crippen LogP contribution in [0.2, 0.25) is 5.04 Å². The molecule has 0 spiro atoms. The Labute approximate surface area is 232 Å². The Hall–Kier alpha value is -3.77. The fourth-order valence-corrected chi connectivity index (χ4v) is 5.54. The number of hydrogen-bond donors (Lipinski definition) is 1. The predicted octanol–water partition coefficient (Wildman–Crippen LogP) is 7.35. The van der Waals surface area contributed by atoms with Crippen molar-refractivity contribution in [3.05, 3.63) is 46.3 Å². The number of rotatable bonds is 5. The van der Waals surface area contributed by atoms with E-state index in [1.165, 1.54) is 0 Å². The van der Waals surface area contributed by atoms with E-state index in [1.54, 1.807) is 27.9 Å². The maximum absolute atomic E-state index is 13.0. The number of nitrogens with zero attached hydrogens (tertiary/aromatic N) is 3. The second-order valence-corrected chi connectivity index (χ2v) is 14.0. The highest BCUT2D eigenvalue weighted by molar-refractivity contribution is 6.39. The summed E-state index contributed by atoms with van der Waals surface area (Å²) in [5.41, 5.74) is 3.95. The average molecular weight is 545 g/mol. The molecule has 0 aliphatic rings. The van der Waals surface area contributed by atoms with E-state index in [9.17, 15) is 10.1 Å². The van der Waals surface area contributed by atoms with Crippen LogP contribution in [0.15, 0.2) is 22.6 Å². The van der Waals surface area contributed by atoms with E-state index in [0.29, 0.717) is 31.9 Å². The van der Waals surface area contributed by atoms with Crippen molar-refractivity contribution in [3.8, 4) is 17.5 Å². The van der Waals surface area contributed by atoms with Crippen LogP contribution < -0.4 is 10.1 Å². The number of amides is 1. The first-order valence-electron chi connectivity index (χ1n) is 12.9. The van der Waals surface area contributed by atoms with E-state index < -0.39 is 11.7 Å². The van der Waals surface area contributed by atoms with E-state index in [-0.39, 0.29) is 16.4 Å². The SMILES string of the molecule is COc1ccc(C)c(-n2c(NC(=O)OC(C)(C)C)c(C#N)c3c4oc(C[Si]C(C)(C)C)cc4c(C)nc32)c1C. The van der Waals surface area contributed by atoms with E-state index in [4.69, 9.17) is 18.9 Å². The normalized spacial score (nSPS) is 12.1. The number of anilines is 1. The van der Waals surface area contributed by atoms with Crippen LogP contribution in [0.4, 0.5) is 10.6 Å². The van der Waals surface area contributed by atoms with Crippen LogP contribution in [-0.2, 0) is 10.8 Å². The summed E-state index contributed by atoms with van der Waals surface area (Å²) < 4.78 is 19.4. The minimum Gasteiger partial charge on any atom is -0.496 e. The van der Waals surface area contributed by atoms with Gasteiger partial charge in [0.15, 0.2) is 5.65 Å². The zero-order valence-electron chi connectivity index (χ0n) is 24.4. The van der Waals surface area contributed by atoms with Crippen LogP contribution in [0.3, 0.4) is 0 Å². The van der Waals surface area contributed by atoms with Crippen molar-refractivity contribution in [2.45, 2.75) is 79.0 Å². The second kappa shape index (κ2) is 10.1. The molecule has 39 heavy (non-hydrogen) atoms. The van der Waals surface area contributed by atoms with Gasteiger partial charge in [-0.25, -0.2) is 9.78 Å². The van der Waals surface area contributed by atoms with Gasteiger partial charge in [0.05, 0.1) is 33.4 Å². The lowest BCUT2D eigenvalue weighted by atomic mass is 10.1. The molecule has 204 valence electrons. The fraction of sp³-hybridized carbons (Fsp3) is 0.433.